The number of benzene rings is 2. The minimum atomic E-state index is -4.43. The molecule has 0 unspecified atom stereocenters. The molecular formula is C28H33F3N4O3S. The van der Waals surface area contributed by atoms with E-state index >= 15 is 0 Å². The van der Waals surface area contributed by atoms with Crippen molar-refractivity contribution in [3.05, 3.63) is 48.2 Å². The molecule has 3 N–H and O–H groups in total. The SMILES string of the molecule is CN(C)[C@H]1CC[C@@H](Nc2cccc3c2cc(C#CCOc2ccc(S(C)(=O)=O)cc2N)n3CC(F)(F)F)CC1. The van der Waals surface area contributed by atoms with Crippen LogP contribution in [-0.4, -0.2) is 63.1 Å². The summed E-state index contributed by atoms with van der Waals surface area (Å²) in [5, 5.41) is 4.24. The highest BCUT2D eigenvalue weighted by Gasteiger charge is 2.30. The molecule has 0 saturated heterocycles. The summed E-state index contributed by atoms with van der Waals surface area (Å²) in [6.45, 7) is -1.31. The van der Waals surface area contributed by atoms with Gasteiger partial charge in [-0.15, -0.1) is 0 Å². The lowest BCUT2D eigenvalue weighted by Gasteiger charge is -2.33. The van der Waals surface area contributed by atoms with Crippen molar-refractivity contribution in [3.63, 3.8) is 0 Å². The predicted octanol–water partition coefficient (Wildman–Crippen LogP) is 4.90. The Kier molecular flexibility index (Phi) is 8.37. The number of rotatable bonds is 7. The smallest absolute Gasteiger partial charge is 0.406 e. The number of nitrogens with one attached hydrogen (secondary N) is 1. The van der Waals surface area contributed by atoms with E-state index in [4.69, 9.17) is 10.5 Å². The van der Waals surface area contributed by atoms with Gasteiger partial charge < -0.3 is 25.3 Å². The van der Waals surface area contributed by atoms with Crippen LogP contribution in [0.2, 0.25) is 0 Å². The molecule has 0 atom stereocenters. The first kappa shape index (κ1) is 28.6. The lowest BCUT2D eigenvalue weighted by atomic mass is 9.90. The van der Waals surface area contributed by atoms with Crippen LogP contribution in [-0.2, 0) is 16.4 Å². The van der Waals surface area contributed by atoms with Crippen molar-refractivity contribution in [1.29, 1.82) is 0 Å². The van der Waals surface area contributed by atoms with Crippen LogP contribution in [0.3, 0.4) is 0 Å². The fraction of sp³-hybridized carbons (Fsp3) is 0.429. The highest BCUT2D eigenvalue weighted by atomic mass is 32.2. The van der Waals surface area contributed by atoms with Crippen LogP contribution in [0.25, 0.3) is 10.9 Å². The van der Waals surface area contributed by atoms with Gasteiger partial charge in [0.25, 0.3) is 0 Å². The number of fused-ring (bicyclic) bond motifs is 1. The van der Waals surface area contributed by atoms with Gasteiger partial charge in [0, 0.05) is 29.4 Å². The predicted molar refractivity (Wildman–Crippen MR) is 148 cm³/mol. The maximum absolute atomic E-state index is 13.5. The molecule has 1 aromatic heterocycles. The summed E-state index contributed by atoms with van der Waals surface area (Å²) in [6.07, 6.45) is 0.747. The molecule has 0 amide bonds. The van der Waals surface area contributed by atoms with E-state index in [-0.39, 0.29) is 34.7 Å². The molecule has 1 heterocycles. The zero-order valence-electron chi connectivity index (χ0n) is 22.2. The van der Waals surface area contributed by atoms with Crippen molar-refractivity contribution in [2.45, 2.75) is 55.4 Å². The number of anilines is 2. The van der Waals surface area contributed by atoms with Gasteiger partial charge in [-0.25, -0.2) is 8.42 Å². The number of aromatic nitrogens is 1. The first-order chi connectivity index (χ1) is 18.3. The number of hydrogen-bond acceptors (Lipinski definition) is 6. The number of nitrogens with zero attached hydrogens (tertiary/aromatic N) is 2. The van der Waals surface area contributed by atoms with Gasteiger partial charge in [-0.05, 0) is 82.1 Å². The molecule has 0 radical (unpaired) electrons. The molecule has 210 valence electrons. The molecule has 3 aromatic rings. The van der Waals surface area contributed by atoms with Crippen LogP contribution in [0.15, 0.2) is 47.4 Å². The quantitative estimate of drug-likeness (QED) is 0.315. The highest BCUT2D eigenvalue weighted by molar-refractivity contribution is 7.90. The summed E-state index contributed by atoms with van der Waals surface area (Å²) in [5.74, 6) is 5.82. The second-order valence-corrected chi connectivity index (χ2v) is 12.2. The Hall–Kier alpha value is -3.36. The minimum Gasteiger partial charge on any atom is -0.479 e. The summed E-state index contributed by atoms with van der Waals surface area (Å²) in [5.41, 5.74) is 7.48. The number of sulfone groups is 1. The monoisotopic (exact) mass is 562 g/mol. The second kappa shape index (κ2) is 11.4. The Labute approximate surface area is 227 Å². The average molecular weight is 563 g/mol. The summed E-state index contributed by atoms with van der Waals surface area (Å²) >= 11 is 0. The zero-order chi connectivity index (χ0) is 28.4. The van der Waals surface area contributed by atoms with Crippen molar-refractivity contribution < 1.29 is 26.3 Å². The van der Waals surface area contributed by atoms with E-state index < -0.39 is 22.6 Å². The molecule has 2 aromatic carbocycles. The molecule has 39 heavy (non-hydrogen) atoms. The van der Waals surface area contributed by atoms with Crippen LogP contribution < -0.4 is 15.8 Å². The summed E-state index contributed by atoms with van der Waals surface area (Å²) < 4.78 is 70.6. The number of nitrogen functional groups attached to an aromatic ring is 1. The van der Waals surface area contributed by atoms with Crippen molar-refractivity contribution >= 4 is 32.1 Å². The van der Waals surface area contributed by atoms with Gasteiger partial charge in [0.2, 0.25) is 0 Å². The van der Waals surface area contributed by atoms with E-state index in [0.29, 0.717) is 16.9 Å². The molecule has 1 saturated carbocycles. The molecule has 7 nitrogen and oxygen atoms in total. The first-order valence-electron chi connectivity index (χ1n) is 12.6. The Balaban J connectivity index is 1.56. The van der Waals surface area contributed by atoms with E-state index in [1.54, 1.807) is 18.2 Å². The van der Waals surface area contributed by atoms with Crippen LogP contribution in [0.5, 0.6) is 5.75 Å². The first-order valence-corrected chi connectivity index (χ1v) is 14.5. The Morgan fingerprint density at radius 1 is 1.13 bits per heavy atom. The number of hydrogen-bond donors (Lipinski definition) is 2. The number of ether oxygens (including phenoxy) is 1. The van der Waals surface area contributed by atoms with E-state index in [1.165, 1.54) is 22.8 Å². The normalized spacial score (nSPS) is 18.1. The lowest BCUT2D eigenvalue weighted by molar-refractivity contribution is -0.140. The molecule has 0 aliphatic heterocycles. The van der Waals surface area contributed by atoms with Crippen LogP contribution in [0.1, 0.15) is 31.4 Å². The highest BCUT2D eigenvalue weighted by Crippen LogP contribution is 2.32. The van der Waals surface area contributed by atoms with Crippen molar-refractivity contribution in [2.24, 2.45) is 0 Å². The number of nitrogens with two attached hydrogens (primary N) is 1. The van der Waals surface area contributed by atoms with Crippen LogP contribution >= 0.6 is 0 Å². The fourth-order valence-corrected chi connectivity index (χ4v) is 5.61. The number of alkyl halides is 3. The second-order valence-electron chi connectivity index (χ2n) is 10.1. The third kappa shape index (κ3) is 7.19. The van der Waals surface area contributed by atoms with E-state index in [9.17, 15) is 21.6 Å². The minimum absolute atomic E-state index is 0.0604. The van der Waals surface area contributed by atoms with Crippen LogP contribution in [0, 0.1) is 11.8 Å². The van der Waals surface area contributed by atoms with E-state index in [2.05, 4.69) is 36.2 Å². The third-order valence-corrected chi connectivity index (χ3v) is 8.11. The lowest BCUT2D eigenvalue weighted by Crippen LogP contribution is -2.36. The summed E-state index contributed by atoms with van der Waals surface area (Å²) in [7, 11) is 0.746. The van der Waals surface area contributed by atoms with Crippen molar-refractivity contribution in [3.8, 4) is 17.6 Å². The standard InChI is InChI=1S/C28H33F3N4O3S/c1-34(2)20-11-9-19(10-12-20)33-25-7-4-8-26-23(25)16-21(35(26)18-28(29,30)31)6-5-15-38-27-14-13-22(17-24(27)32)39(3,36)37/h4,7-8,13-14,16-17,19-20,33H,9-12,15,18,32H2,1-3H3/t19-,20+. The average Bonchev–Trinajstić information content (AvgIpc) is 3.19. The molecule has 0 spiro atoms. The zero-order valence-corrected chi connectivity index (χ0v) is 23.0. The Bertz CT molecular complexity index is 1500. The van der Waals surface area contributed by atoms with Gasteiger partial charge in [-0.3, -0.25) is 0 Å². The van der Waals surface area contributed by atoms with Gasteiger partial charge in [-0.2, -0.15) is 13.2 Å². The van der Waals surface area contributed by atoms with Gasteiger partial charge >= 0.3 is 6.18 Å². The van der Waals surface area contributed by atoms with Gasteiger partial charge in [-0.1, -0.05) is 12.0 Å². The summed E-state index contributed by atoms with van der Waals surface area (Å²) in [4.78, 5) is 2.30. The van der Waals surface area contributed by atoms with Crippen molar-refractivity contribution in [1.82, 2.24) is 9.47 Å². The maximum atomic E-state index is 13.5. The topological polar surface area (TPSA) is 89.6 Å². The third-order valence-electron chi connectivity index (χ3n) is 7.00. The van der Waals surface area contributed by atoms with Gasteiger partial charge in [0.05, 0.1) is 21.8 Å². The van der Waals surface area contributed by atoms with Gasteiger partial charge in [0.1, 0.15) is 18.9 Å². The molecule has 1 fully saturated rings. The van der Waals surface area contributed by atoms with Gasteiger partial charge in [0.15, 0.2) is 9.84 Å². The molecule has 0 bridgehead atoms. The molecule has 1 aliphatic carbocycles. The molecular weight excluding hydrogens is 529 g/mol. The maximum Gasteiger partial charge on any atom is 0.406 e. The molecule has 11 heteroatoms. The van der Waals surface area contributed by atoms with E-state index in [0.717, 1.165) is 37.6 Å². The van der Waals surface area contributed by atoms with Crippen LogP contribution in [0.4, 0.5) is 24.5 Å². The molecule has 1 aliphatic rings. The van der Waals surface area contributed by atoms with E-state index in [1.807, 2.05) is 6.07 Å². The summed E-state index contributed by atoms with van der Waals surface area (Å²) in [6, 6.07) is 11.9. The molecule has 4 rings (SSSR count). The Morgan fingerprint density at radius 3 is 2.46 bits per heavy atom. The van der Waals surface area contributed by atoms with Crippen molar-refractivity contribution in [2.75, 3.05) is 38.0 Å². The number of halogens is 3. The Morgan fingerprint density at radius 2 is 1.85 bits per heavy atom. The fourth-order valence-electron chi connectivity index (χ4n) is 4.95. The largest absolute Gasteiger partial charge is 0.479 e.